The molecule has 1 fully saturated rings. The first kappa shape index (κ1) is 14.7. The van der Waals surface area contributed by atoms with Crippen LogP contribution in [0, 0.1) is 11.8 Å². The Kier molecular flexibility index (Phi) is 5.15. The molecule has 6 heteroatoms. The van der Waals surface area contributed by atoms with Gasteiger partial charge in [0.2, 0.25) is 5.88 Å². The van der Waals surface area contributed by atoms with Crippen molar-refractivity contribution in [2.75, 3.05) is 33.4 Å². The zero-order valence-corrected chi connectivity index (χ0v) is 12.5. The lowest BCUT2D eigenvalue weighted by molar-refractivity contribution is 0.152. The normalized spacial score (nSPS) is 23.8. The largest absolute Gasteiger partial charge is 0.481 e. The molecule has 2 N–H and O–H groups in total. The number of aromatic nitrogens is 1. The summed E-state index contributed by atoms with van der Waals surface area (Å²) < 4.78 is 6.18. The van der Waals surface area contributed by atoms with Crippen LogP contribution in [0.25, 0.3) is 0 Å². The molecule has 0 bridgehead atoms. The van der Waals surface area contributed by atoms with E-state index in [1.54, 1.807) is 13.3 Å². The maximum absolute atomic E-state index is 9.31. The Labute approximate surface area is 121 Å². The van der Waals surface area contributed by atoms with E-state index in [9.17, 15) is 10.2 Å². The fraction of sp³-hybridized carbons (Fsp3) is 0.615. The molecule has 1 aliphatic rings. The predicted molar refractivity (Wildman–Crippen MR) is 74.9 cm³/mol. The van der Waals surface area contributed by atoms with Gasteiger partial charge in [0.1, 0.15) is 0 Å². The molecular weight excluding hydrogens is 312 g/mol. The third kappa shape index (κ3) is 3.45. The molecule has 1 aromatic heterocycles. The van der Waals surface area contributed by atoms with Gasteiger partial charge in [0, 0.05) is 60.9 Å². The van der Waals surface area contributed by atoms with Crippen molar-refractivity contribution in [2.45, 2.75) is 6.54 Å². The van der Waals surface area contributed by atoms with Gasteiger partial charge in [-0.25, -0.2) is 4.98 Å². The highest BCUT2D eigenvalue weighted by molar-refractivity contribution is 9.10. The number of likely N-dealkylation sites (tertiary alicyclic amines) is 1. The van der Waals surface area contributed by atoms with Gasteiger partial charge in [0.15, 0.2) is 0 Å². The van der Waals surface area contributed by atoms with E-state index in [1.807, 2.05) is 6.07 Å². The van der Waals surface area contributed by atoms with E-state index in [0.717, 1.165) is 23.1 Å². The Morgan fingerprint density at radius 1 is 1.37 bits per heavy atom. The van der Waals surface area contributed by atoms with Crippen molar-refractivity contribution >= 4 is 15.9 Å². The van der Waals surface area contributed by atoms with Crippen molar-refractivity contribution in [1.82, 2.24) is 9.88 Å². The van der Waals surface area contributed by atoms with Gasteiger partial charge in [-0.05, 0) is 22.0 Å². The van der Waals surface area contributed by atoms with Gasteiger partial charge >= 0.3 is 0 Å². The monoisotopic (exact) mass is 330 g/mol. The zero-order valence-electron chi connectivity index (χ0n) is 10.9. The minimum atomic E-state index is 0.121. The molecule has 0 saturated carbocycles. The van der Waals surface area contributed by atoms with Crippen LogP contribution >= 0.6 is 15.9 Å². The highest BCUT2D eigenvalue weighted by atomic mass is 79.9. The molecule has 2 atom stereocenters. The summed E-state index contributed by atoms with van der Waals surface area (Å²) in [5, 5.41) is 18.6. The summed E-state index contributed by atoms with van der Waals surface area (Å²) in [5.41, 5.74) is 1.01. The van der Waals surface area contributed by atoms with Crippen LogP contribution in [0.15, 0.2) is 16.7 Å². The van der Waals surface area contributed by atoms with Crippen molar-refractivity contribution < 1.29 is 14.9 Å². The van der Waals surface area contributed by atoms with Crippen molar-refractivity contribution in [3.05, 3.63) is 22.3 Å². The maximum Gasteiger partial charge on any atom is 0.217 e. The van der Waals surface area contributed by atoms with Gasteiger partial charge in [0.05, 0.1) is 7.11 Å². The number of halogens is 1. The van der Waals surface area contributed by atoms with Gasteiger partial charge in [-0.2, -0.15) is 0 Å². The summed E-state index contributed by atoms with van der Waals surface area (Å²) in [4.78, 5) is 6.44. The number of ether oxygens (including phenoxy) is 1. The maximum atomic E-state index is 9.31. The van der Waals surface area contributed by atoms with E-state index >= 15 is 0 Å². The topological polar surface area (TPSA) is 65.8 Å². The minimum Gasteiger partial charge on any atom is -0.481 e. The third-order valence-corrected chi connectivity index (χ3v) is 4.03. The second kappa shape index (κ2) is 6.65. The highest BCUT2D eigenvalue weighted by Gasteiger charge is 2.32. The number of hydrogen-bond acceptors (Lipinski definition) is 5. The average Bonchev–Trinajstić information content (AvgIpc) is 2.81. The molecular formula is C13H19BrN2O3. The van der Waals surface area contributed by atoms with Gasteiger partial charge in [-0.15, -0.1) is 0 Å². The lowest BCUT2D eigenvalue weighted by Crippen LogP contribution is -2.21. The quantitative estimate of drug-likeness (QED) is 0.839. The molecule has 0 amide bonds. The number of hydrogen-bond donors (Lipinski definition) is 2. The summed E-state index contributed by atoms with van der Waals surface area (Å²) in [7, 11) is 1.61. The fourth-order valence-electron chi connectivity index (χ4n) is 2.59. The highest BCUT2D eigenvalue weighted by Crippen LogP contribution is 2.27. The molecule has 2 heterocycles. The number of nitrogens with zero attached hydrogens (tertiary/aromatic N) is 2. The number of rotatable bonds is 5. The summed E-state index contributed by atoms with van der Waals surface area (Å²) in [5.74, 6) is 0.920. The van der Waals surface area contributed by atoms with Crippen molar-refractivity contribution in [2.24, 2.45) is 11.8 Å². The van der Waals surface area contributed by atoms with Gasteiger partial charge < -0.3 is 14.9 Å². The van der Waals surface area contributed by atoms with Crippen molar-refractivity contribution in [3.63, 3.8) is 0 Å². The first-order valence-electron chi connectivity index (χ1n) is 6.30. The predicted octanol–water partition coefficient (Wildman–Crippen LogP) is 0.885. The van der Waals surface area contributed by atoms with Crippen LogP contribution in [0.2, 0.25) is 0 Å². The van der Waals surface area contributed by atoms with Gasteiger partial charge in [-0.3, -0.25) is 4.90 Å². The summed E-state index contributed by atoms with van der Waals surface area (Å²) >= 11 is 3.41. The number of aliphatic hydroxyl groups excluding tert-OH is 2. The van der Waals surface area contributed by atoms with Gasteiger partial charge in [-0.1, -0.05) is 0 Å². The minimum absolute atomic E-state index is 0.121. The van der Waals surface area contributed by atoms with Crippen LogP contribution < -0.4 is 4.74 Å². The number of pyridine rings is 1. The Morgan fingerprint density at radius 2 is 2.00 bits per heavy atom. The molecule has 1 aliphatic heterocycles. The lowest BCUT2D eigenvalue weighted by atomic mass is 9.98. The second-order valence-corrected chi connectivity index (χ2v) is 5.82. The first-order chi connectivity index (χ1) is 9.17. The van der Waals surface area contributed by atoms with Gasteiger partial charge in [0.25, 0.3) is 0 Å². The molecule has 5 nitrogen and oxygen atoms in total. The summed E-state index contributed by atoms with van der Waals surface area (Å²) in [6, 6.07) is 1.99. The molecule has 0 unspecified atom stereocenters. The summed E-state index contributed by atoms with van der Waals surface area (Å²) in [6.45, 7) is 2.53. The third-order valence-electron chi connectivity index (χ3n) is 3.60. The molecule has 0 aromatic carbocycles. The van der Waals surface area contributed by atoms with Crippen LogP contribution in [0.5, 0.6) is 5.88 Å². The standard InChI is InChI=1S/C13H19BrN2O3/c1-19-13-9(2-12(14)3-15-13)4-16-5-10(7-17)11(6-16)8-18/h2-3,10-11,17-18H,4-8H2,1H3/t10-,11-/m0/s1. The molecule has 1 aromatic rings. The molecule has 2 rings (SSSR count). The second-order valence-electron chi connectivity index (χ2n) is 4.90. The van der Waals surface area contributed by atoms with Crippen LogP contribution in [-0.2, 0) is 6.54 Å². The SMILES string of the molecule is COc1ncc(Br)cc1CN1C[C@@H](CO)[C@H](CO)C1. The Balaban J connectivity index is 2.08. The average molecular weight is 331 g/mol. The number of aliphatic hydroxyl groups is 2. The molecule has 19 heavy (non-hydrogen) atoms. The van der Waals surface area contributed by atoms with E-state index in [4.69, 9.17) is 4.74 Å². The molecule has 0 radical (unpaired) electrons. The van der Waals surface area contributed by atoms with Crippen LogP contribution in [0.1, 0.15) is 5.56 Å². The van der Waals surface area contributed by atoms with E-state index in [2.05, 4.69) is 25.8 Å². The summed E-state index contributed by atoms with van der Waals surface area (Å²) in [6.07, 6.45) is 1.71. The first-order valence-corrected chi connectivity index (χ1v) is 7.09. The number of methoxy groups -OCH3 is 1. The molecule has 0 aliphatic carbocycles. The van der Waals surface area contributed by atoms with E-state index in [-0.39, 0.29) is 25.0 Å². The Bertz CT molecular complexity index is 418. The van der Waals surface area contributed by atoms with Crippen molar-refractivity contribution in [3.8, 4) is 5.88 Å². The van der Waals surface area contributed by atoms with E-state index in [0.29, 0.717) is 12.4 Å². The van der Waals surface area contributed by atoms with Crippen molar-refractivity contribution in [1.29, 1.82) is 0 Å². The van der Waals surface area contributed by atoms with Crippen LogP contribution in [0.3, 0.4) is 0 Å². The van der Waals surface area contributed by atoms with E-state index in [1.165, 1.54) is 0 Å². The lowest BCUT2D eigenvalue weighted by Gasteiger charge is -2.17. The smallest absolute Gasteiger partial charge is 0.217 e. The van der Waals surface area contributed by atoms with Crippen LogP contribution in [0.4, 0.5) is 0 Å². The molecule has 0 spiro atoms. The van der Waals surface area contributed by atoms with Crippen LogP contribution in [-0.4, -0.2) is 53.5 Å². The zero-order chi connectivity index (χ0) is 13.8. The molecule has 106 valence electrons. The van der Waals surface area contributed by atoms with E-state index < -0.39 is 0 Å². The fourth-order valence-corrected chi connectivity index (χ4v) is 2.96. The molecule has 1 saturated heterocycles. The Morgan fingerprint density at radius 3 is 2.53 bits per heavy atom. The Hall–Kier alpha value is -0.690.